The SMILES string of the molecule is CC.CC1=NN(c2ccc(OC(C)F)c(-c3ccccn3)c2)C(=O)C1C(=O)Nc1cccc(C(C)(F)F)c1.[HH]. The molecule has 1 aliphatic rings. The first-order chi connectivity index (χ1) is 18.0. The number of hydrazone groups is 1. The summed E-state index contributed by atoms with van der Waals surface area (Å²) in [7, 11) is 0. The van der Waals surface area contributed by atoms with E-state index in [1.54, 1.807) is 30.5 Å². The van der Waals surface area contributed by atoms with E-state index in [2.05, 4.69) is 15.4 Å². The summed E-state index contributed by atoms with van der Waals surface area (Å²) >= 11 is 0. The maximum atomic E-state index is 13.7. The molecule has 2 heterocycles. The topological polar surface area (TPSA) is 83.9 Å². The Morgan fingerprint density at radius 3 is 2.50 bits per heavy atom. The van der Waals surface area contributed by atoms with Crippen LogP contribution in [0.1, 0.15) is 41.6 Å². The largest absolute Gasteiger partial charge is 0.460 e. The lowest BCUT2D eigenvalue weighted by atomic mass is 10.0. The van der Waals surface area contributed by atoms with Crippen LogP contribution < -0.4 is 15.1 Å². The van der Waals surface area contributed by atoms with Crippen molar-refractivity contribution in [2.24, 2.45) is 11.0 Å². The monoisotopic (exact) mass is 528 g/mol. The summed E-state index contributed by atoms with van der Waals surface area (Å²) in [6, 6.07) is 15.0. The third-order valence-corrected chi connectivity index (χ3v) is 5.47. The average molecular weight is 529 g/mol. The van der Waals surface area contributed by atoms with Crippen molar-refractivity contribution in [2.45, 2.75) is 46.9 Å². The minimum Gasteiger partial charge on any atom is -0.460 e. The lowest BCUT2D eigenvalue weighted by Gasteiger charge is -2.18. The van der Waals surface area contributed by atoms with Gasteiger partial charge in [-0.3, -0.25) is 14.6 Å². The Kier molecular flexibility index (Phi) is 8.88. The van der Waals surface area contributed by atoms with Crippen LogP contribution in [0.15, 0.2) is 72.0 Å². The normalized spacial score (nSPS) is 15.8. The summed E-state index contributed by atoms with van der Waals surface area (Å²) in [5, 5.41) is 7.85. The summed E-state index contributed by atoms with van der Waals surface area (Å²) in [5.41, 5.74) is 1.34. The fourth-order valence-electron chi connectivity index (χ4n) is 3.79. The zero-order valence-electron chi connectivity index (χ0n) is 21.7. The number of rotatable bonds is 7. The van der Waals surface area contributed by atoms with E-state index in [9.17, 15) is 22.8 Å². The van der Waals surface area contributed by atoms with Gasteiger partial charge in [0.1, 0.15) is 5.75 Å². The molecule has 2 amide bonds. The van der Waals surface area contributed by atoms with Crippen molar-refractivity contribution in [1.29, 1.82) is 0 Å². The lowest BCUT2D eigenvalue weighted by molar-refractivity contribution is -0.127. The first-order valence-electron chi connectivity index (χ1n) is 12.1. The molecule has 3 aromatic rings. The molecule has 10 heteroatoms. The summed E-state index contributed by atoms with van der Waals surface area (Å²) in [4.78, 5) is 30.4. The average Bonchev–Trinajstić information content (AvgIpc) is 3.19. The Morgan fingerprint density at radius 2 is 1.87 bits per heavy atom. The number of hydrogen-bond acceptors (Lipinski definition) is 5. The minimum absolute atomic E-state index is 0. The highest BCUT2D eigenvalue weighted by atomic mass is 19.3. The molecular formula is C28H31F3N4O3. The van der Waals surface area contributed by atoms with E-state index < -0.39 is 30.0 Å². The lowest BCUT2D eigenvalue weighted by Crippen LogP contribution is -2.36. The van der Waals surface area contributed by atoms with Crippen LogP contribution in [-0.4, -0.2) is 28.9 Å². The number of pyridine rings is 1. The second kappa shape index (κ2) is 11.9. The Hall–Kier alpha value is -4.21. The van der Waals surface area contributed by atoms with Crippen molar-refractivity contribution in [2.75, 3.05) is 10.3 Å². The number of benzene rings is 2. The molecule has 0 aliphatic carbocycles. The van der Waals surface area contributed by atoms with E-state index in [4.69, 9.17) is 4.74 Å². The number of carbonyl (C=O) groups excluding carboxylic acids is 2. The maximum Gasteiger partial charge on any atom is 0.270 e. The standard InChI is InChI=1S/C26H23F3N4O3.C2H6.H2/c1-15-23(24(34)31-18-8-6-7-17(13-18)26(3,28)29)25(35)33(32-15)19-10-11-22(36-16(2)27)20(14-19)21-9-4-5-12-30-21;1-2;/h4-14,16,23H,1-3H3,(H,31,34);1-2H3;1H. The van der Waals surface area contributed by atoms with Crippen molar-refractivity contribution >= 4 is 28.9 Å². The van der Waals surface area contributed by atoms with Crippen molar-refractivity contribution in [1.82, 2.24) is 4.98 Å². The van der Waals surface area contributed by atoms with Crippen molar-refractivity contribution in [3.8, 4) is 17.0 Å². The van der Waals surface area contributed by atoms with Crippen LogP contribution in [0, 0.1) is 5.92 Å². The van der Waals surface area contributed by atoms with Gasteiger partial charge in [0, 0.05) is 38.3 Å². The predicted octanol–water partition coefficient (Wildman–Crippen LogP) is 6.80. The van der Waals surface area contributed by atoms with Crippen LogP contribution in [0.5, 0.6) is 5.75 Å². The zero-order chi connectivity index (χ0) is 28.0. The first-order valence-corrected chi connectivity index (χ1v) is 12.1. The zero-order valence-corrected chi connectivity index (χ0v) is 21.7. The Bertz CT molecular complexity index is 1330. The van der Waals surface area contributed by atoms with Crippen LogP contribution in [-0.2, 0) is 15.5 Å². The van der Waals surface area contributed by atoms with Gasteiger partial charge in [-0.15, -0.1) is 0 Å². The van der Waals surface area contributed by atoms with E-state index >= 15 is 0 Å². The molecule has 38 heavy (non-hydrogen) atoms. The molecular weight excluding hydrogens is 497 g/mol. The van der Waals surface area contributed by atoms with E-state index in [0.717, 1.165) is 18.0 Å². The molecule has 202 valence electrons. The number of aromatic nitrogens is 1. The van der Waals surface area contributed by atoms with Gasteiger partial charge in [-0.05, 0) is 49.4 Å². The smallest absolute Gasteiger partial charge is 0.270 e. The maximum absolute atomic E-state index is 13.7. The molecule has 2 unspecified atom stereocenters. The van der Waals surface area contributed by atoms with E-state index in [1.807, 2.05) is 13.8 Å². The summed E-state index contributed by atoms with van der Waals surface area (Å²) in [6.07, 6.45) is -0.0104. The number of halogens is 3. The number of anilines is 2. The van der Waals surface area contributed by atoms with Crippen molar-refractivity contribution in [3.63, 3.8) is 0 Å². The van der Waals surface area contributed by atoms with Crippen molar-refractivity contribution < 1.29 is 28.9 Å². The number of carbonyl (C=O) groups is 2. The Morgan fingerprint density at radius 1 is 1.13 bits per heavy atom. The molecule has 0 fully saturated rings. The van der Waals surface area contributed by atoms with Crippen LogP contribution in [0.2, 0.25) is 0 Å². The Balaban J connectivity index is 0.00000174. The molecule has 1 aliphatic heterocycles. The number of nitrogens with one attached hydrogen (secondary N) is 1. The quantitative estimate of drug-likeness (QED) is 0.342. The molecule has 0 spiro atoms. The van der Waals surface area contributed by atoms with Crippen molar-refractivity contribution in [3.05, 3.63) is 72.4 Å². The van der Waals surface area contributed by atoms with Gasteiger partial charge in [-0.2, -0.15) is 10.1 Å². The minimum atomic E-state index is -3.08. The highest BCUT2D eigenvalue weighted by Gasteiger charge is 2.40. The summed E-state index contributed by atoms with van der Waals surface area (Å²) in [6.45, 7) is 7.53. The van der Waals surface area contributed by atoms with Gasteiger partial charge in [0.2, 0.25) is 12.3 Å². The molecule has 7 nitrogen and oxygen atoms in total. The van der Waals surface area contributed by atoms with Gasteiger partial charge in [-0.25, -0.2) is 13.2 Å². The second-order valence-corrected chi connectivity index (χ2v) is 8.34. The van der Waals surface area contributed by atoms with E-state index in [1.165, 1.54) is 44.2 Å². The van der Waals surface area contributed by atoms with Gasteiger partial charge in [-0.1, -0.05) is 32.0 Å². The van der Waals surface area contributed by atoms with Crippen LogP contribution in [0.4, 0.5) is 24.5 Å². The Labute approximate surface area is 220 Å². The molecule has 0 saturated carbocycles. The summed E-state index contributed by atoms with van der Waals surface area (Å²) < 4.78 is 46.2. The fourth-order valence-corrected chi connectivity index (χ4v) is 3.79. The van der Waals surface area contributed by atoms with Crippen LogP contribution >= 0.6 is 0 Å². The molecule has 2 aromatic carbocycles. The molecule has 4 rings (SSSR count). The molecule has 1 N–H and O–H groups in total. The van der Waals surface area contributed by atoms with Gasteiger partial charge in [0.15, 0.2) is 5.92 Å². The highest BCUT2D eigenvalue weighted by Crippen LogP contribution is 2.36. The first kappa shape index (κ1) is 28.4. The third-order valence-electron chi connectivity index (χ3n) is 5.47. The number of nitrogens with zero attached hydrogens (tertiary/aromatic N) is 3. The van der Waals surface area contributed by atoms with E-state index in [-0.39, 0.29) is 24.1 Å². The second-order valence-electron chi connectivity index (χ2n) is 8.34. The molecule has 0 radical (unpaired) electrons. The van der Waals surface area contributed by atoms with Gasteiger partial charge in [0.05, 0.1) is 17.1 Å². The van der Waals surface area contributed by atoms with Gasteiger partial charge < -0.3 is 10.1 Å². The number of alkyl halides is 3. The highest BCUT2D eigenvalue weighted by molar-refractivity contribution is 6.28. The summed E-state index contributed by atoms with van der Waals surface area (Å²) in [5.74, 6) is -5.44. The molecule has 0 saturated heterocycles. The van der Waals surface area contributed by atoms with Crippen LogP contribution in [0.25, 0.3) is 11.3 Å². The third kappa shape index (κ3) is 6.37. The molecule has 2 atom stereocenters. The van der Waals surface area contributed by atoms with E-state index in [0.29, 0.717) is 16.9 Å². The number of hydrogen-bond donors (Lipinski definition) is 1. The number of ether oxygens (including phenoxy) is 1. The number of amides is 2. The molecule has 0 bridgehead atoms. The van der Waals surface area contributed by atoms with Gasteiger partial charge >= 0.3 is 0 Å². The predicted molar refractivity (Wildman–Crippen MR) is 143 cm³/mol. The van der Waals surface area contributed by atoms with Gasteiger partial charge in [0.25, 0.3) is 11.8 Å². The van der Waals surface area contributed by atoms with Crippen LogP contribution in [0.3, 0.4) is 0 Å². The fraction of sp³-hybridized carbons (Fsp3) is 0.286. The molecule has 1 aromatic heterocycles.